The summed E-state index contributed by atoms with van der Waals surface area (Å²) in [5.41, 5.74) is 1.52. The van der Waals surface area contributed by atoms with E-state index in [1.165, 1.54) is 4.31 Å². The molecule has 9 heteroatoms. The zero-order chi connectivity index (χ0) is 23.6. The van der Waals surface area contributed by atoms with Crippen molar-refractivity contribution in [3.05, 3.63) is 65.5 Å². The third-order valence-corrected chi connectivity index (χ3v) is 7.49. The Balaban J connectivity index is 1.46. The van der Waals surface area contributed by atoms with E-state index >= 15 is 0 Å². The van der Waals surface area contributed by atoms with Gasteiger partial charge in [-0.3, -0.25) is 4.79 Å². The maximum absolute atomic E-state index is 12.9. The summed E-state index contributed by atoms with van der Waals surface area (Å²) < 4.78 is 32.3. The van der Waals surface area contributed by atoms with Gasteiger partial charge in [-0.1, -0.05) is 50.2 Å². The first-order valence-corrected chi connectivity index (χ1v) is 12.4. The number of hydrogen-bond donors (Lipinski definition) is 1. The van der Waals surface area contributed by atoms with Gasteiger partial charge in [0.25, 0.3) is 11.8 Å². The van der Waals surface area contributed by atoms with Gasteiger partial charge < -0.3 is 9.84 Å². The molecule has 1 saturated heterocycles. The summed E-state index contributed by atoms with van der Waals surface area (Å²) in [7, 11) is -3.45. The minimum absolute atomic E-state index is 0.258. The Morgan fingerprint density at radius 1 is 1.06 bits per heavy atom. The number of aromatic nitrogens is 2. The Morgan fingerprint density at radius 3 is 2.36 bits per heavy atom. The molecule has 0 saturated carbocycles. The van der Waals surface area contributed by atoms with Gasteiger partial charge >= 0.3 is 0 Å². The number of amides is 1. The summed E-state index contributed by atoms with van der Waals surface area (Å²) in [5.74, 6) is 0.578. The molecule has 1 aliphatic rings. The minimum atomic E-state index is -3.45. The molecular weight excluding hydrogens is 440 g/mol. The number of nitrogens with one attached hydrogen (secondary N) is 1. The first-order chi connectivity index (χ1) is 15.7. The second-order valence-corrected chi connectivity index (χ2v) is 11.1. The van der Waals surface area contributed by atoms with E-state index in [0.29, 0.717) is 35.9 Å². The highest BCUT2D eigenvalue weighted by Gasteiger charge is 2.27. The highest BCUT2D eigenvalue weighted by atomic mass is 32.2. The van der Waals surface area contributed by atoms with E-state index in [9.17, 15) is 13.2 Å². The van der Waals surface area contributed by atoms with Crippen LogP contribution in [-0.4, -0.2) is 41.9 Å². The monoisotopic (exact) mass is 468 g/mol. The first-order valence-electron chi connectivity index (χ1n) is 11.0. The maximum atomic E-state index is 12.9. The lowest BCUT2D eigenvalue weighted by Gasteiger charge is -2.15. The van der Waals surface area contributed by atoms with Gasteiger partial charge in [0, 0.05) is 25.0 Å². The molecule has 1 fully saturated rings. The van der Waals surface area contributed by atoms with Crippen molar-refractivity contribution in [3.63, 3.8) is 0 Å². The number of sulfonamides is 1. The molecule has 33 heavy (non-hydrogen) atoms. The molecule has 8 nitrogen and oxygen atoms in total. The summed E-state index contributed by atoms with van der Waals surface area (Å²) >= 11 is 0. The van der Waals surface area contributed by atoms with Crippen LogP contribution in [-0.2, 0) is 22.0 Å². The van der Waals surface area contributed by atoms with Crippen LogP contribution < -0.4 is 5.32 Å². The zero-order valence-corrected chi connectivity index (χ0v) is 19.9. The molecule has 1 N–H and O–H groups in total. The number of carbonyl (C=O) groups excluding carboxylic acids is 1. The fourth-order valence-corrected chi connectivity index (χ4v) is 5.16. The number of nitrogens with zero attached hydrogens (tertiary/aromatic N) is 3. The smallest absolute Gasteiger partial charge is 0.258 e. The average molecular weight is 469 g/mol. The van der Waals surface area contributed by atoms with E-state index in [0.717, 1.165) is 18.4 Å². The molecule has 0 bridgehead atoms. The molecule has 2 heterocycles. The molecule has 1 aromatic heterocycles. The fourth-order valence-electron chi connectivity index (χ4n) is 3.64. The summed E-state index contributed by atoms with van der Waals surface area (Å²) in [6.07, 6.45) is 1.79. The minimum Gasteiger partial charge on any atom is -0.348 e. The predicted molar refractivity (Wildman–Crippen MR) is 124 cm³/mol. The second kappa shape index (κ2) is 9.07. The van der Waals surface area contributed by atoms with Gasteiger partial charge in [-0.15, -0.1) is 0 Å². The third kappa shape index (κ3) is 4.99. The molecule has 0 spiro atoms. The molecule has 3 aromatic rings. The summed E-state index contributed by atoms with van der Waals surface area (Å²) in [6.45, 7) is 7.35. The van der Waals surface area contributed by atoms with Gasteiger partial charge in [0.2, 0.25) is 10.0 Å². The molecule has 0 aliphatic carbocycles. The van der Waals surface area contributed by atoms with Crippen molar-refractivity contribution in [3.8, 4) is 11.5 Å². The van der Waals surface area contributed by atoms with Crippen molar-refractivity contribution in [2.45, 2.75) is 50.5 Å². The average Bonchev–Trinajstić information content (AvgIpc) is 3.50. The summed E-state index contributed by atoms with van der Waals surface area (Å²) in [5, 5.41) is 6.93. The normalized spacial score (nSPS) is 15.0. The SMILES string of the molecule is CC(C)(C)c1noc(-c2ccccc2C(=O)NCc2ccc(S(=O)(=O)N3CCCC3)cc2)n1. The largest absolute Gasteiger partial charge is 0.348 e. The highest BCUT2D eigenvalue weighted by Crippen LogP contribution is 2.26. The van der Waals surface area contributed by atoms with Gasteiger partial charge in [-0.05, 0) is 42.7 Å². The second-order valence-electron chi connectivity index (χ2n) is 9.16. The van der Waals surface area contributed by atoms with E-state index in [1.807, 2.05) is 26.8 Å². The van der Waals surface area contributed by atoms with E-state index in [1.54, 1.807) is 42.5 Å². The van der Waals surface area contributed by atoms with E-state index in [2.05, 4.69) is 15.5 Å². The third-order valence-electron chi connectivity index (χ3n) is 5.58. The lowest BCUT2D eigenvalue weighted by molar-refractivity contribution is 0.0951. The molecule has 0 unspecified atom stereocenters. The van der Waals surface area contributed by atoms with Crippen molar-refractivity contribution in [1.82, 2.24) is 19.8 Å². The molecule has 0 radical (unpaired) electrons. The topological polar surface area (TPSA) is 105 Å². The van der Waals surface area contributed by atoms with Crippen molar-refractivity contribution in [1.29, 1.82) is 0 Å². The Hall–Kier alpha value is -3.04. The van der Waals surface area contributed by atoms with Crippen molar-refractivity contribution in [2.75, 3.05) is 13.1 Å². The van der Waals surface area contributed by atoms with Crippen LogP contribution in [0.5, 0.6) is 0 Å². The van der Waals surface area contributed by atoms with Crippen LogP contribution >= 0.6 is 0 Å². The van der Waals surface area contributed by atoms with Crippen molar-refractivity contribution in [2.24, 2.45) is 0 Å². The van der Waals surface area contributed by atoms with E-state index in [4.69, 9.17) is 4.52 Å². The number of hydrogen-bond acceptors (Lipinski definition) is 6. The van der Waals surface area contributed by atoms with Crippen molar-refractivity contribution >= 4 is 15.9 Å². The number of carbonyl (C=O) groups is 1. The molecule has 1 amide bonds. The molecule has 4 rings (SSSR count). The van der Waals surface area contributed by atoms with Gasteiger partial charge in [0.1, 0.15) is 0 Å². The van der Waals surface area contributed by atoms with E-state index < -0.39 is 10.0 Å². The van der Waals surface area contributed by atoms with Crippen LogP contribution in [0.1, 0.15) is 55.4 Å². The number of rotatable bonds is 6. The molecule has 2 aromatic carbocycles. The zero-order valence-electron chi connectivity index (χ0n) is 19.0. The van der Waals surface area contributed by atoms with Crippen LogP contribution in [0, 0.1) is 0 Å². The van der Waals surface area contributed by atoms with Crippen LogP contribution in [0.4, 0.5) is 0 Å². The van der Waals surface area contributed by atoms with Crippen molar-refractivity contribution < 1.29 is 17.7 Å². The maximum Gasteiger partial charge on any atom is 0.258 e. The van der Waals surface area contributed by atoms with Gasteiger partial charge in [0.05, 0.1) is 16.0 Å². The van der Waals surface area contributed by atoms with Crippen LogP contribution in [0.2, 0.25) is 0 Å². The molecule has 174 valence electrons. The fraction of sp³-hybridized carbons (Fsp3) is 0.375. The lowest BCUT2D eigenvalue weighted by Crippen LogP contribution is -2.28. The number of benzene rings is 2. The standard InChI is InChI=1S/C24H28N4O4S/c1-24(2,3)23-26-22(32-27-23)20-9-5-4-8-19(20)21(29)25-16-17-10-12-18(13-11-17)33(30,31)28-14-6-7-15-28/h4-5,8-13H,6-7,14-16H2,1-3H3,(H,25,29). The summed E-state index contributed by atoms with van der Waals surface area (Å²) in [4.78, 5) is 17.6. The Morgan fingerprint density at radius 2 is 1.73 bits per heavy atom. The lowest BCUT2D eigenvalue weighted by atomic mass is 9.96. The predicted octanol–water partition coefficient (Wildman–Crippen LogP) is 3.75. The van der Waals surface area contributed by atoms with Gasteiger partial charge in [-0.2, -0.15) is 9.29 Å². The molecule has 1 aliphatic heterocycles. The van der Waals surface area contributed by atoms with Gasteiger partial charge in [-0.25, -0.2) is 8.42 Å². The van der Waals surface area contributed by atoms with Gasteiger partial charge in [0.15, 0.2) is 5.82 Å². The summed E-state index contributed by atoms with van der Waals surface area (Å²) in [6, 6.07) is 13.7. The Labute approximate surface area is 194 Å². The first kappa shape index (κ1) is 23.1. The van der Waals surface area contributed by atoms with E-state index in [-0.39, 0.29) is 22.8 Å². The molecule has 0 atom stereocenters. The molecular formula is C24H28N4O4S. The van der Waals surface area contributed by atoms with Crippen LogP contribution in [0.15, 0.2) is 57.9 Å². The van der Waals surface area contributed by atoms with Crippen LogP contribution in [0.3, 0.4) is 0 Å². The highest BCUT2D eigenvalue weighted by molar-refractivity contribution is 7.89. The van der Waals surface area contributed by atoms with Crippen LogP contribution in [0.25, 0.3) is 11.5 Å². The quantitative estimate of drug-likeness (QED) is 0.591. The Kier molecular flexibility index (Phi) is 6.36. The Bertz CT molecular complexity index is 1240.